The molecule has 0 spiro atoms. The smallest absolute Gasteiger partial charge is 0.234 e. The first-order valence-electron chi connectivity index (χ1n) is 8.86. The molecular formula is C20H23N3O. The van der Waals surface area contributed by atoms with E-state index in [1.54, 1.807) is 0 Å². The summed E-state index contributed by atoms with van der Waals surface area (Å²) in [6.07, 6.45) is 2.29. The summed E-state index contributed by atoms with van der Waals surface area (Å²) in [5, 5.41) is 9.48. The van der Waals surface area contributed by atoms with Gasteiger partial charge in [-0.05, 0) is 36.2 Å². The summed E-state index contributed by atoms with van der Waals surface area (Å²) in [6, 6.07) is 12.7. The van der Waals surface area contributed by atoms with Crippen LogP contribution in [-0.2, 0) is 0 Å². The maximum atomic E-state index is 9.48. The fraction of sp³-hybridized carbons (Fsp3) is 0.500. The van der Waals surface area contributed by atoms with Crippen LogP contribution in [0, 0.1) is 23.2 Å². The van der Waals surface area contributed by atoms with E-state index in [0.717, 1.165) is 25.4 Å². The van der Waals surface area contributed by atoms with Crippen molar-refractivity contribution in [1.29, 1.82) is 5.26 Å². The van der Waals surface area contributed by atoms with Gasteiger partial charge in [0, 0.05) is 19.0 Å². The Balaban J connectivity index is 1.57. The molecule has 1 aromatic carbocycles. The van der Waals surface area contributed by atoms with Crippen LogP contribution in [0.1, 0.15) is 55.7 Å². The minimum Gasteiger partial charge on any atom is -0.423 e. The van der Waals surface area contributed by atoms with Crippen LogP contribution in [0.2, 0.25) is 0 Å². The van der Waals surface area contributed by atoms with Gasteiger partial charge in [0.15, 0.2) is 0 Å². The number of nitrogens with zero attached hydrogens (tertiary/aromatic N) is 3. The van der Waals surface area contributed by atoms with Crippen LogP contribution in [0.5, 0.6) is 0 Å². The second kappa shape index (κ2) is 5.98. The topological polar surface area (TPSA) is 53.1 Å². The number of benzene rings is 1. The third-order valence-corrected chi connectivity index (χ3v) is 5.22. The molecule has 4 heteroatoms. The number of oxazole rings is 1. The van der Waals surface area contributed by atoms with Crippen molar-refractivity contribution in [3.63, 3.8) is 0 Å². The van der Waals surface area contributed by atoms with Crippen LogP contribution in [0.25, 0.3) is 0 Å². The van der Waals surface area contributed by atoms with Gasteiger partial charge in [-0.1, -0.05) is 44.2 Å². The molecule has 2 aliphatic rings. The van der Waals surface area contributed by atoms with Crippen molar-refractivity contribution in [2.45, 2.75) is 38.5 Å². The highest BCUT2D eigenvalue weighted by atomic mass is 16.4. The molecular weight excluding hydrogens is 298 g/mol. The van der Waals surface area contributed by atoms with Crippen LogP contribution in [-0.4, -0.2) is 18.1 Å². The third kappa shape index (κ3) is 2.80. The number of nitriles is 1. The Morgan fingerprint density at radius 1 is 1.08 bits per heavy atom. The van der Waals surface area contributed by atoms with Crippen molar-refractivity contribution in [2.75, 3.05) is 18.0 Å². The number of aromatic nitrogens is 1. The summed E-state index contributed by atoms with van der Waals surface area (Å²) < 4.78 is 6.11. The van der Waals surface area contributed by atoms with Crippen molar-refractivity contribution in [3.05, 3.63) is 47.5 Å². The Kier molecular flexibility index (Phi) is 3.80. The van der Waals surface area contributed by atoms with E-state index in [9.17, 15) is 5.26 Å². The molecule has 2 fully saturated rings. The predicted octanol–water partition coefficient (Wildman–Crippen LogP) is 4.30. The van der Waals surface area contributed by atoms with Gasteiger partial charge in [-0.2, -0.15) is 5.26 Å². The van der Waals surface area contributed by atoms with Gasteiger partial charge in [0.05, 0.1) is 0 Å². The first kappa shape index (κ1) is 15.3. The number of anilines is 1. The maximum Gasteiger partial charge on any atom is 0.234 e. The molecule has 1 aliphatic heterocycles. The molecule has 1 saturated heterocycles. The molecule has 1 aromatic heterocycles. The molecule has 24 heavy (non-hydrogen) atoms. The normalized spacial score (nSPS) is 29.3. The highest BCUT2D eigenvalue weighted by molar-refractivity contribution is 5.49. The first-order chi connectivity index (χ1) is 11.7. The average molecular weight is 321 g/mol. The van der Waals surface area contributed by atoms with Crippen molar-refractivity contribution in [3.8, 4) is 6.07 Å². The van der Waals surface area contributed by atoms with Crippen LogP contribution in [0.15, 0.2) is 34.7 Å². The number of hydrogen-bond acceptors (Lipinski definition) is 4. The Morgan fingerprint density at radius 3 is 2.46 bits per heavy atom. The minimum absolute atomic E-state index is 0.313. The Bertz CT molecular complexity index is 751. The quantitative estimate of drug-likeness (QED) is 0.846. The van der Waals surface area contributed by atoms with Gasteiger partial charge in [0.1, 0.15) is 6.07 Å². The van der Waals surface area contributed by atoms with Crippen LogP contribution in [0.4, 0.5) is 5.88 Å². The predicted molar refractivity (Wildman–Crippen MR) is 92.9 cm³/mol. The van der Waals surface area contributed by atoms with Gasteiger partial charge in [0.25, 0.3) is 0 Å². The Labute approximate surface area is 143 Å². The summed E-state index contributed by atoms with van der Waals surface area (Å²) in [5.41, 5.74) is 1.78. The average Bonchev–Trinajstić information content (AvgIpc) is 3.26. The molecule has 0 N–H and O–H groups in total. The summed E-state index contributed by atoms with van der Waals surface area (Å²) in [7, 11) is 0. The van der Waals surface area contributed by atoms with Gasteiger partial charge in [-0.25, -0.2) is 4.98 Å². The molecule has 4 atom stereocenters. The number of piperidine rings is 1. The van der Waals surface area contributed by atoms with E-state index < -0.39 is 0 Å². The van der Waals surface area contributed by atoms with E-state index in [1.807, 2.05) is 6.07 Å². The molecule has 4 rings (SSSR count). The molecule has 0 radical (unpaired) electrons. The van der Waals surface area contributed by atoms with Crippen molar-refractivity contribution in [1.82, 2.24) is 4.98 Å². The van der Waals surface area contributed by atoms with Crippen LogP contribution >= 0.6 is 0 Å². The van der Waals surface area contributed by atoms with E-state index in [4.69, 9.17) is 4.42 Å². The molecule has 2 aromatic rings. The summed E-state index contributed by atoms with van der Waals surface area (Å²) in [5.74, 6) is 3.45. The fourth-order valence-corrected chi connectivity index (χ4v) is 4.14. The second-order valence-corrected chi connectivity index (χ2v) is 7.53. The van der Waals surface area contributed by atoms with Gasteiger partial charge in [-0.15, -0.1) is 0 Å². The number of rotatable bonds is 3. The van der Waals surface area contributed by atoms with E-state index in [2.05, 4.69) is 54.1 Å². The van der Waals surface area contributed by atoms with Gasteiger partial charge >= 0.3 is 0 Å². The highest BCUT2D eigenvalue weighted by Gasteiger charge is 2.44. The minimum atomic E-state index is 0.313. The van der Waals surface area contributed by atoms with Crippen molar-refractivity contribution in [2.24, 2.45) is 11.8 Å². The van der Waals surface area contributed by atoms with Crippen LogP contribution in [0.3, 0.4) is 0 Å². The molecule has 0 bridgehead atoms. The van der Waals surface area contributed by atoms with E-state index >= 15 is 0 Å². The lowest BCUT2D eigenvalue weighted by Gasteiger charge is -2.34. The molecule has 0 amide bonds. The number of hydrogen-bond donors (Lipinski definition) is 0. The summed E-state index contributed by atoms with van der Waals surface area (Å²) in [4.78, 5) is 6.74. The molecule has 124 valence electrons. The summed E-state index contributed by atoms with van der Waals surface area (Å²) >= 11 is 0. The standard InChI is InChI=1S/C20H23N3O/c1-13-8-14(2)12-23(11-13)20-18(10-21)22-19(24-20)17-9-16(17)15-6-4-3-5-7-15/h3-7,13-14,16-17H,8-9,11-12H2,1-2H3. The molecule has 2 heterocycles. The van der Waals surface area contributed by atoms with Gasteiger partial charge in [-0.3, -0.25) is 0 Å². The molecule has 1 saturated carbocycles. The maximum absolute atomic E-state index is 9.48. The summed E-state index contributed by atoms with van der Waals surface area (Å²) in [6.45, 7) is 6.41. The van der Waals surface area contributed by atoms with E-state index in [-0.39, 0.29) is 0 Å². The molecule has 4 unspecified atom stereocenters. The Hall–Kier alpha value is -2.28. The lowest BCUT2D eigenvalue weighted by Crippen LogP contribution is -2.38. The third-order valence-electron chi connectivity index (χ3n) is 5.22. The lowest BCUT2D eigenvalue weighted by atomic mass is 9.92. The van der Waals surface area contributed by atoms with Crippen molar-refractivity contribution < 1.29 is 4.42 Å². The van der Waals surface area contributed by atoms with Crippen molar-refractivity contribution >= 4 is 5.88 Å². The lowest BCUT2D eigenvalue weighted by molar-refractivity contribution is 0.340. The molecule has 1 aliphatic carbocycles. The highest BCUT2D eigenvalue weighted by Crippen LogP contribution is 2.55. The molecule has 4 nitrogen and oxygen atoms in total. The first-order valence-corrected chi connectivity index (χ1v) is 8.86. The van der Waals surface area contributed by atoms with Gasteiger partial charge in [0.2, 0.25) is 17.5 Å². The Morgan fingerprint density at radius 2 is 1.79 bits per heavy atom. The zero-order chi connectivity index (χ0) is 16.7. The zero-order valence-electron chi connectivity index (χ0n) is 14.3. The van der Waals surface area contributed by atoms with Crippen LogP contribution < -0.4 is 4.90 Å². The largest absolute Gasteiger partial charge is 0.423 e. The van der Waals surface area contributed by atoms with E-state index in [1.165, 1.54) is 12.0 Å². The monoisotopic (exact) mass is 321 g/mol. The second-order valence-electron chi connectivity index (χ2n) is 7.53. The van der Waals surface area contributed by atoms with E-state index in [0.29, 0.717) is 35.2 Å². The fourth-order valence-electron chi connectivity index (χ4n) is 4.14. The SMILES string of the molecule is CC1CC(C)CN(c2oc(C3CC3c3ccccc3)nc2C#N)C1. The van der Waals surface area contributed by atoms with Gasteiger partial charge < -0.3 is 9.32 Å². The zero-order valence-corrected chi connectivity index (χ0v) is 14.3.